The lowest BCUT2D eigenvalue weighted by molar-refractivity contribution is -0.136. The van der Waals surface area contributed by atoms with E-state index in [4.69, 9.17) is 0 Å². The van der Waals surface area contributed by atoms with Gasteiger partial charge in [0.2, 0.25) is 15.9 Å². The maximum Gasteiger partial charge on any atom is 0.243 e. The van der Waals surface area contributed by atoms with Crippen LogP contribution in [-0.2, 0) is 14.8 Å². The molecule has 2 saturated heterocycles. The van der Waals surface area contributed by atoms with E-state index in [2.05, 4.69) is 0 Å². The van der Waals surface area contributed by atoms with Crippen LogP contribution >= 0.6 is 0 Å². The van der Waals surface area contributed by atoms with Crippen molar-refractivity contribution in [1.82, 2.24) is 9.21 Å². The number of para-hydroxylation sites is 1. The molecule has 2 aromatic rings. The molecular formula is C22H25F2N3O3S. The Kier molecular flexibility index (Phi) is 6.24. The zero-order valence-electron chi connectivity index (χ0n) is 17.1. The van der Waals surface area contributed by atoms with Crippen molar-refractivity contribution in [3.8, 4) is 0 Å². The lowest BCUT2D eigenvalue weighted by Crippen LogP contribution is -2.57. The van der Waals surface area contributed by atoms with Crippen molar-refractivity contribution in [2.45, 2.75) is 30.2 Å². The first-order valence-corrected chi connectivity index (χ1v) is 11.9. The smallest absolute Gasteiger partial charge is 0.243 e. The maximum absolute atomic E-state index is 14.1. The van der Waals surface area contributed by atoms with Gasteiger partial charge in [0, 0.05) is 32.7 Å². The van der Waals surface area contributed by atoms with E-state index >= 15 is 0 Å². The highest BCUT2D eigenvalue weighted by Crippen LogP contribution is 2.28. The van der Waals surface area contributed by atoms with Crippen LogP contribution < -0.4 is 4.90 Å². The Labute approximate surface area is 181 Å². The lowest BCUT2D eigenvalue weighted by atomic mass is 10.0. The predicted octanol–water partition coefficient (Wildman–Crippen LogP) is 2.86. The molecule has 1 amide bonds. The molecule has 0 radical (unpaired) electrons. The first-order valence-electron chi connectivity index (χ1n) is 10.4. The van der Waals surface area contributed by atoms with E-state index in [0.29, 0.717) is 44.7 Å². The van der Waals surface area contributed by atoms with Gasteiger partial charge in [0.25, 0.3) is 0 Å². The Hall–Kier alpha value is -2.52. The average molecular weight is 450 g/mol. The van der Waals surface area contributed by atoms with Gasteiger partial charge in [-0.1, -0.05) is 18.6 Å². The topological polar surface area (TPSA) is 60.9 Å². The normalized spacial score (nSPS) is 20.6. The molecule has 0 bridgehead atoms. The van der Waals surface area contributed by atoms with Gasteiger partial charge in [-0.3, -0.25) is 4.79 Å². The molecule has 1 atom stereocenters. The highest BCUT2D eigenvalue weighted by Gasteiger charge is 2.40. The second kappa shape index (κ2) is 8.92. The SMILES string of the molecule is O=C([C@H]1CCCCN1S(=O)(=O)c1ccc(F)cc1)N1CCN(c2ccccc2F)CC1. The number of amides is 1. The molecule has 9 heteroatoms. The van der Waals surface area contributed by atoms with Crippen LogP contribution in [0.2, 0.25) is 0 Å². The molecule has 31 heavy (non-hydrogen) atoms. The van der Waals surface area contributed by atoms with Gasteiger partial charge >= 0.3 is 0 Å². The molecule has 4 rings (SSSR count). The molecule has 0 N–H and O–H groups in total. The Morgan fingerprint density at radius 2 is 1.55 bits per heavy atom. The minimum atomic E-state index is -3.91. The van der Waals surface area contributed by atoms with E-state index in [9.17, 15) is 22.0 Å². The number of hydrogen-bond donors (Lipinski definition) is 0. The number of halogens is 2. The number of rotatable bonds is 4. The van der Waals surface area contributed by atoms with Crippen molar-refractivity contribution in [3.63, 3.8) is 0 Å². The number of hydrogen-bond acceptors (Lipinski definition) is 4. The van der Waals surface area contributed by atoms with E-state index in [1.807, 2.05) is 4.90 Å². The Morgan fingerprint density at radius 1 is 0.871 bits per heavy atom. The summed E-state index contributed by atoms with van der Waals surface area (Å²) in [6.45, 7) is 2.00. The zero-order chi connectivity index (χ0) is 22.0. The number of carbonyl (C=O) groups is 1. The number of sulfonamides is 1. The second-order valence-corrected chi connectivity index (χ2v) is 9.74. The standard InChI is InChI=1S/C22H25F2N3O3S/c23-17-8-10-18(11-9-17)31(29,30)27-12-4-3-7-21(27)22(28)26-15-13-25(14-16-26)20-6-2-1-5-19(20)24/h1-2,5-6,8-11,21H,3-4,7,12-16H2/t21-/m1/s1. The summed E-state index contributed by atoms with van der Waals surface area (Å²) >= 11 is 0. The van der Waals surface area contributed by atoms with Gasteiger partial charge in [0.15, 0.2) is 0 Å². The highest BCUT2D eigenvalue weighted by molar-refractivity contribution is 7.89. The highest BCUT2D eigenvalue weighted by atomic mass is 32.2. The minimum absolute atomic E-state index is 0.0158. The minimum Gasteiger partial charge on any atom is -0.366 e. The Bertz CT molecular complexity index is 1040. The fourth-order valence-corrected chi connectivity index (χ4v) is 5.92. The summed E-state index contributed by atoms with van der Waals surface area (Å²) in [6, 6.07) is 10.4. The summed E-state index contributed by atoms with van der Waals surface area (Å²) in [5.41, 5.74) is 0.507. The number of benzene rings is 2. The Morgan fingerprint density at radius 3 is 2.23 bits per heavy atom. The molecule has 0 aliphatic carbocycles. The van der Waals surface area contributed by atoms with Gasteiger partial charge in [-0.15, -0.1) is 0 Å². The lowest BCUT2D eigenvalue weighted by Gasteiger charge is -2.40. The van der Waals surface area contributed by atoms with Crippen molar-refractivity contribution in [2.75, 3.05) is 37.6 Å². The fraction of sp³-hybridized carbons (Fsp3) is 0.409. The first kappa shape index (κ1) is 21.7. The van der Waals surface area contributed by atoms with E-state index in [1.54, 1.807) is 23.1 Å². The van der Waals surface area contributed by atoms with Crippen molar-refractivity contribution in [2.24, 2.45) is 0 Å². The quantitative estimate of drug-likeness (QED) is 0.720. The van der Waals surface area contributed by atoms with Gasteiger partial charge in [-0.05, 0) is 49.2 Å². The van der Waals surface area contributed by atoms with Gasteiger partial charge in [-0.25, -0.2) is 17.2 Å². The molecular weight excluding hydrogens is 424 g/mol. The molecule has 166 valence electrons. The first-order chi connectivity index (χ1) is 14.9. The third kappa shape index (κ3) is 4.43. The molecule has 0 unspecified atom stereocenters. The van der Waals surface area contributed by atoms with Crippen molar-refractivity contribution in [1.29, 1.82) is 0 Å². The number of anilines is 1. The van der Waals surface area contributed by atoms with Gasteiger partial charge in [0.1, 0.15) is 17.7 Å². The maximum atomic E-state index is 14.1. The van der Waals surface area contributed by atoms with E-state index in [-0.39, 0.29) is 23.2 Å². The van der Waals surface area contributed by atoms with Crippen LogP contribution in [0.3, 0.4) is 0 Å². The van der Waals surface area contributed by atoms with Crippen LogP contribution in [0.1, 0.15) is 19.3 Å². The van der Waals surface area contributed by atoms with Crippen molar-refractivity contribution < 1.29 is 22.0 Å². The summed E-state index contributed by atoms with van der Waals surface area (Å²) < 4.78 is 54.9. The van der Waals surface area contributed by atoms with Crippen LogP contribution in [0.5, 0.6) is 0 Å². The summed E-state index contributed by atoms with van der Waals surface area (Å²) in [6.07, 6.45) is 1.89. The van der Waals surface area contributed by atoms with Crippen molar-refractivity contribution >= 4 is 21.6 Å². The van der Waals surface area contributed by atoms with Gasteiger partial charge in [-0.2, -0.15) is 4.31 Å². The molecule has 2 heterocycles. The molecule has 2 aliphatic heterocycles. The van der Waals surface area contributed by atoms with E-state index < -0.39 is 21.9 Å². The summed E-state index contributed by atoms with van der Waals surface area (Å²) in [4.78, 5) is 16.8. The summed E-state index contributed by atoms with van der Waals surface area (Å²) in [7, 11) is -3.91. The Balaban J connectivity index is 1.48. The second-order valence-electron chi connectivity index (χ2n) is 7.85. The summed E-state index contributed by atoms with van der Waals surface area (Å²) in [5.74, 6) is -1.04. The van der Waals surface area contributed by atoms with Crippen LogP contribution in [0.25, 0.3) is 0 Å². The predicted molar refractivity (Wildman–Crippen MR) is 113 cm³/mol. The number of piperazine rings is 1. The molecule has 0 spiro atoms. The number of piperidine rings is 1. The van der Waals surface area contributed by atoms with Gasteiger partial charge in [0.05, 0.1) is 10.6 Å². The van der Waals surface area contributed by atoms with Crippen LogP contribution in [0.15, 0.2) is 53.4 Å². The third-order valence-corrected chi connectivity index (χ3v) is 7.87. The van der Waals surface area contributed by atoms with E-state index in [1.165, 1.54) is 22.5 Å². The van der Waals surface area contributed by atoms with Gasteiger partial charge < -0.3 is 9.80 Å². The third-order valence-electron chi connectivity index (χ3n) is 5.94. The van der Waals surface area contributed by atoms with Crippen LogP contribution in [0.4, 0.5) is 14.5 Å². The fourth-order valence-electron chi connectivity index (χ4n) is 4.27. The monoisotopic (exact) mass is 449 g/mol. The summed E-state index contributed by atoms with van der Waals surface area (Å²) in [5, 5.41) is 0. The molecule has 6 nitrogen and oxygen atoms in total. The van der Waals surface area contributed by atoms with Crippen molar-refractivity contribution in [3.05, 3.63) is 60.2 Å². The molecule has 2 aromatic carbocycles. The zero-order valence-corrected chi connectivity index (χ0v) is 17.9. The van der Waals surface area contributed by atoms with E-state index in [0.717, 1.165) is 18.6 Å². The average Bonchev–Trinajstić information content (AvgIpc) is 2.79. The number of carbonyl (C=O) groups excluding carboxylic acids is 1. The van der Waals surface area contributed by atoms with Crippen LogP contribution in [-0.4, -0.2) is 62.3 Å². The molecule has 2 fully saturated rings. The number of nitrogens with zero attached hydrogens (tertiary/aromatic N) is 3. The molecule has 2 aliphatic rings. The van der Waals surface area contributed by atoms with Crippen LogP contribution in [0, 0.1) is 11.6 Å². The molecule has 0 saturated carbocycles. The molecule has 0 aromatic heterocycles. The largest absolute Gasteiger partial charge is 0.366 e.